The van der Waals surface area contributed by atoms with E-state index >= 15 is 0 Å². The van der Waals surface area contributed by atoms with Crippen LogP contribution in [-0.2, 0) is 4.74 Å². The topological polar surface area (TPSA) is 38.2 Å². The summed E-state index contributed by atoms with van der Waals surface area (Å²) in [6, 6.07) is 0.331. The van der Waals surface area contributed by atoms with E-state index in [0.717, 1.165) is 23.1 Å². The van der Waals surface area contributed by atoms with Crippen molar-refractivity contribution in [1.82, 2.24) is 9.97 Å². The quantitative estimate of drug-likeness (QED) is 0.787. The van der Waals surface area contributed by atoms with Gasteiger partial charge in [0.1, 0.15) is 10.8 Å². The molecule has 0 bridgehead atoms. The molecule has 4 nitrogen and oxygen atoms in total. The lowest BCUT2D eigenvalue weighted by Gasteiger charge is -2.41. The molecule has 1 aliphatic rings. The molecule has 1 aromatic rings. The van der Waals surface area contributed by atoms with E-state index in [1.807, 2.05) is 12.4 Å². The summed E-state index contributed by atoms with van der Waals surface area (Å²) in [7, 11) is 0. The van der Waals surface area contributed by atoms with Crippen LogP contribution < -0.4 is 4.90 Å². The molecule has 5 heteroatoms. The molecule has 0 saturated carbocycles. The monoisotopic (exact) mass is 267 g/mol. The van der Waals surface area contributed by atoms with Crippen molar-refractivity contribution in [3.05, 3.63) is 12.4 Å². The summed E-state index contributed by atoms with van der Waals surface area (Å²) >= 11 is 1.72. The number of ether oxygens (including phenoxy) is 1. The van der Waals surface area contributed by atoms with Gasteiger partial charge in [0.15, 0.2) is 0 Å². The molecule has 0 radical (unpaired) electrons. The van der Waals surface area contributed by atoms with E-state index in [2.05, 4.69) is 42.6 Å². The largest absolute Gasteiger partial charge is 0.372 e. The van der Waals surface area contributed by atoms with E-state index in [4.69, 9.17) is 4.74 Å². The lowest BCUT2D eigenvalue weighted by atomic mass is 10.1. The minimum atomic E-state index is 0.220. The third-order valence-corrected chi connectivity index (χ3v) is 4.04. The van der Waals surface area contributed by atoms with Gasteiger partial charge in [0.05, 0.1) is 30.6 Å². The minimum absolute atomic E-state index is 0.220. The second-order valence-electron chi connectivity index (χ2n) is 4.69. The SMILES string of the molecule is CCSc1cncc(N2C[C@H](C)O[C@@H](C)[C@H]2C)n1. The van der Waals surface area contributed by atoms with Crippen molar-refractivity contribution in [2.75, 3.05) is 17.2 Å². The molecule has 0 amide bonds. The third-order valence-electron chi connectivity index (χ3n) is 3.26. The van der Waals surface area contributed by atoms with E-state index in [1.54, 1.807) is 11.8 Å². The molecule has 18 heavy (non-hydrogen) atoms. The Labute approximate surface area is 113 Å². The van der Waals surface area contributed by atoms with Crippen LogP contribution in [0, 0.1) is 0 Å². The van der Waals surface area contributed by atoms with Crippen molar-refractivity contribution in [1.29, 1.82) is 0 Å². The first-order valence-electron chi connectivity index (χ1n) is 6.48. The summed E-state index contributed by atoms with van der Waals surface area (Å²) in [5.74, 6) is 1.98. The van der Waals surface area contributed by atoms with E-state index in [-0.39, 0.29) is 12.2 Å². The molecule has 0 aromatic carbocycles. The van der Waals surface area contributed by atoms with E-state index in [1.165, 1.54) is 0 Å². The highest BCUT2D eigenvalue weighted by molar-refractivity contribution is 7.99. The molecule has 1 saturated heterocycles. The molecule has 1 fully saturated rings. The molecule has 2 heterocycles. The van der Waals surface area contributed by atoms with Gasteiger partial charge in [0.2, 0.25) is 0 Å². The van der Waals surface area contributed by atoms with Crippen LogP contribution in [0.1, 0.15) is 27.7 Å². The molecule has 0 N–H and O–H groups in total. The van der Waals surface area contributed by atoms with Gasteiger partial charge in [-0.25, -0.2) is 4.98 Å². The van der Waals surface area contributed by atoms with Crippen molar-refractivity contribution >= 4 is 17.6 Å². The summed E-state index contributed by atoms with van der Waals surface area (Å²) in [6.45, 7) is 9.40. The van der Waals surface area contributed by atoms with Gasteiger partial charge < -0.3 is 9.64 Å². The van der Waals surface area contributed by atoms with E-state index in [0.29, 0.717) is 6.04 Å². The Balaban J connectivity index is 2.20. The molecule has 0 unspecified atom stereocenters. The molecule has 3 atom stereocenters. The highest BCUT2D eigenvalue weighted by atomic mass is 32.2. The summed E-state index contributed by atoms with van der Waals surface area (Å²) in [5.41, 5.74) is 0. The van der Waals surface area contributed by atoms with Crippen LogP contribution in [0.15, 0.2) is 17.4 Å². The highest BCUT2D eigenvalue weighted by Gasteiger charge is 2.30. The van der Waals surface area contributed by atoms with E-state index < -0.39 is 0 Å². The Hall–Kier alpha value is -0.810. The van der Waals surface area contributed by atoms with Crippen LogP contribution in [0.5, 0.6) is 0 Å². The molecule has 1 aromatic heterocycles. The lowest BCUT2D eigenvalue weighted by molar-refractivity contribution is -0.0261. The van der Waals surface area contributed by atoms with Crippen LogP contribution in [0.3, 0.4) is 0 Å². The smallest absolute Gasteiger partial charge is 0.148 e. The van der Waals surface area contributed by atoms with Crippen molar-refractivity contribution in [3.63, 3.8) is 0 Å². The van der Waals surface area contributed by atoms with Gasteiger partial charge in [-0.2, -0.15) is 0 Å². The van der Waals surface area contributed by atoms with Crippen LogP contribution >= 0.6 is 11.8 Å². The number of morpholine rings is 1. The molecule has 2 rings (SSSR count). The van der Waals surface area contributed by atoms with Crippen molar-refractivity contribution in [3.8, 4) is 0 Å². The average Bonchev–Trinajstić information content (AvgIpc) is 2.34. The zero-order valence-corrected chi connectivity index (χ0v) is 12.3. The zero-order chi connectivity index (χ0) is 13.1. The number of hydrogen-bond acceptors (Lipinski definition) is 5. The second kappa shape index (κ2) is 5.89. The molecule has 1 aliphatic heterocycles. The van der Waals surface area contributed by atoms with Crippen molar-refractivity contribution in [2.24, 2.45) is 0 Å². The third kappa shape index (κ3) is 2.95. The standard InChI is InChI=1S/C13H21N3OS/c1-5-18-13-7-14-6-12(15-13)16-8-9(2)17-11(4)10(16)3/h6-7,9-11H,5,8H2,1-4H3/t9-,10+,11-/m0/s1. The predicted octanol–water partition coefficient (Wildman–Crippen LogP) is 2.59. The maximum Gasteiger partial charge on any atom is 0.148 e. The number of anilines is 1. The van der Waals surface area contributed by atoms with Crippen LogP contribution in [-0.4, -0.2) is 40.5 Å². The molecular formula is C13H21N3OS. The maximum atomic E-state index is 5.83. The number of hydrogen-bond donors (Lipinski definition) is 0. The molecular weight excluding hydrogens is 246 g/mol. The van der Waals surface area contributed by atoms with Gasteiger partial charge in [-0.3, -0.25) is 4.98 Å². The first-order valence-corrected chi connectivity index (χ1v) is 7.47. The van der Waals surface area contributed by atoms with Crippen LogP contribution in [0.4, 0.5) is 5.82 Å². The van der Waals surface area contributed by atoms with Gasteiger partial charge in [0, 0.05) is 6.54 Å². The summed E-state index contributed by atoms with van der Waals surface area (Å²) in [4.78, 5) is 11.3. The Bertz CT molecular complexity index is 402. The summed E-state index contributed by atoms with van der Waals surface area (Å²) in [5, 5.41) is 0.994. The van der Waals surface area contributed by atoms with Gasteiger partial charge in [-0.1, -0.05) is 6.92 Å². The highest BCUT2D eigenvalue weighted by Crippen LogP contribution is 2.25. The van der Waals surface area contributed by atoms with Gasteiger partial charge in [-0.15, -0.1) is 11.8 Å². The molecule has 0 aliphatic carbocycles. The van der Waals surface area contributed by atoms with Crippen LogP contribution in [0.2, 0.25) is 0 Å². The van der Waals surface area contributed by atoms with E-state index in [9.17, 15) is 0 Å². The average molecular weight is 267 g/mol. The summed E-state index contributed by atoms with van der Waals surface area (Å²) in [6.07, 6.45) is 4.13. The lowest BCUT2D eigenvalue weighted by Crippen LogP contribution is -2.52. The van der Waals surface area contributed by atoms with Crippen molar-refractivity contribution in [2.45, 2.75) is 51.0 Å². The molecule has 100 valence electrons. The first-order chi connectivity index (χ1) is 8.61. The first kappa shape index (κ1) is 13.6. The Morgan fingerprint density at radius 3 is 2.89 bits per heavy atom. The number of thioether (sulfide) groups is 1. The van der Waals surface area contributed by atoms with Gasteiger partial charge in [0.25, 0.3) is 0 Å². The second-order valence-corrected chi connectivity index (χ2v) is 5.98. The Morgan fingerprint density at radius 1 is 1.39 bits per heavy atom. The normalized spacial score (nSPS) is 28.4. The van der Waals surface area contributed by atoms with Crippen molar-refractivity contribution < 1.29 is 4.74 Å². The number of aromatic nitrogens is 2. The minimum Gasteiger partial charge on any atom is -0.372 e. The fourth-order valence-corrected chi connectivity index (χ4v) is 2.81. The fraction of sp³-hybridized carbons (Fsp3) is 0.692. The summed E-state index contributed by atoms with van der Waals surface area (Å²) < 4.78 is 5.83. The number of nitrogens with zero attached hydrogens (tertiary/aromatic N) is 3. The Kier molecular flexibility index (Phi) is 4.45. The number of rotatable bonds is 3. The van der Waals surface area contributed by atoms with Gasteiger partial charge >= 0.3 is 0 Å². The predicted molar refractivity (Wildman–Crippen MR) is 75.2 cm³/mol. The zero-order valence-electron chi connectivity index (χ0n) is 11.5. The van der Waals surface area contributed by atoms with Gasteiger partial charge in [-0.05, 0) is 26.5 Å². The fourth-order valence-electron chi connectivity index (χ4n) is 2.22. The Morgan fingerprint density at radius 2 is 2.17 bits per heavy atom. The maximum absolute atomic E-state index is 5.83. The van der Waals surface area contributed by atoms with Crippen LogP contribution in [0.25, 0.3) is 0 Å². The molecule has 0 spiro atoms.